The Kier molecular flexibility index (Phi) is 0.664. The average Bonchev–Trinajstić information content (AvgIpc) is 2.15. The summed E-state index contributed by atoms with van der Waals surface area (Å²) in [4.78, 5) is 0. The highest BCUT2D eigenvalue weighted by molar-refractivity contribution is 4.83. The van der Waals surface area contributed by atoms with Gasteiger partial charge < -0.3 is 4.52 Å². The van der Waals surface area contributed by atoms with Crippen LogP contribution in [0.2, 0.25) is 0 Å². The van der Waals surface area contributed by atoms with Gasteiger partial charge in [0.2, 0.25) is 5.69 Å². The van der Waals surface area contributed by atoms with Crippen LogP contribution in [0.1, 0.15) is 12.1 Å². The van der Waals surface area contributed by atoms with Gasteiger partial charge in [-0.25, -0.2) is 0 Å². The van der Waals surface area contributed by atoms with E-state index in [0.717, 1.165) is 13.0 Å². The van der Waals surface area contributed by atoms with E-state index in [1.165, 1.54) is 12.1 Å². The van der Waals surface area contributed by atoms with Crippen LogP contribution in [0.4, 0.5) is 0 Å². The third-order valence-corrected chi connectivity index (χ3v) is 1.47. The summed E-state index contributed by atoms with van der Waals surface area (Å²) in [5.74, 6) is 0. The highest BCUT2D eigenvalue weighted by atomic mass is 16.5. The molecule has 0 amide bonds. The Hall–Kier alpha value is -0.860. The van der Waals surface area contributed by atoms with Crippen molar-refractivity contribution in [2.75, 3.05) is 0 Å². The molecule has 0 aromatic carbocycles. The van der Waals surface area contributed by atoms with E-state index in [1.807, 2.05) is 4.68 Å². The van der Waals surface area contributed by atoms with Crippen molar-refractivity contribution in [2.45, 2.75) is 19.4 Å². The van der Waals surface area contributed by atoms with E-state index < -0.39 is 0 Å². The number of aryl methyl sites for hydroxylation is 2. The van der Waals surface area contributed by atoms with E-state index in [2.05, 4.69) is 5.27 Å². The maximum Gasteiger partial charge on any atom is 0.249 e. The van der Waals surface area contributed by atoms with E-state index in [0.29, 0.717) is 0 Å². The van der Waals surface area contributed by atoms with Crippen molar-refractivity contribution in [2.24, 2.45) is 0 Å². The number of hydrogen-bond donors (Lipinski definition) is 0. The van der Waals surface area contributed by atoms with Crippen molar-refractivity contribution in [3.8, 4) is 0 Å². The molecule has 2 heterocycles. The minimum atomic E-state index is 1.03. The second-order valence-electron chi connectivity index (χ2n) is 2.02. The summed E-state index contributed by atoms with van der Waals surface area (Å²) in [6.45, 7) is 1.03. The van der Waals surface area contributed by atoms with Crippen molar-refractivity contribution >= 4 is 0 Å². The molecule has 0 N–H and O–H groups in total. The van der Waals surface area contributed by atoms with E-state index in [-0.39, 0.29) is 0 Å². The van der Waals surface area contributed by atoms with Crippen LogP contribution in [0.15, 0.2) is 10.8 Å². The van der Waals surface area contributed by atoms with Gasteiger partial charge in [-0.3, -0.25) is 0 Å². The third-order valence-electron chi connectivity index (χ3n) is 1.47. The van der Waals surface area contributed by atoms with E-state index in [1.54, 1.807) is 6.26 Å². The zero-order chi connectivity index (χ0) is 5.40. The minimum Gasteiger partial charge on any atom is -0.309 e. The Morgan fingerprint density at radius 1 is 1.75 bits per heavy atom. The summed E-state index contributed by atoms with van der Waals surface area (Å²) in [5, 5.41) is 3.74. The summed E-state index contributed by atoms with van der Waals surface area (Å²) in [5.41, 5.74) is 1.23. The third kappa shape index (κ3) is 0.384. The molecule has 42 valence electrons. The second kappa shape index (κ2) is 1.31. The van der Waals surface area contributed by atoms with Gasteiger partial charge in [0.1, 0.15) is 0 Å². The minimum absolute atomic E-state index is 1.03. The lowest BCUT2D eigenvalue weighted by Crippen LogP contribution is -2.33. The fraction of sp³-hybridized carbons (Fsp3) is 0.600. The molecular formula is C5H7N2O+. The van der Waals surface area contributed by atoms with Gasteiger partial charge in [0.15, 0.2) is 18.1 Å². The molecule has 1 aliphatic heterocycles. The molecule has 8 heavy (non-hydrogen) atoms. The van der Waals surface area contributed by atoms with Crippen molar-refractivity contribution in [1.29, 1.82) is 0 Å². The number of fused-ring (bicyclic) bond motifs is 1. The summed E-state index contributed by atoms with van der Waals surface area (Å²) >= 11 is 0. The molecule has 3 heteroatoms. The van der Waals surface area contributed by atoms with Crippen LogP contribution in [0.3, 0.4) is 0 Å². The number of aromatic nitrogens is 2. The first-order chi connectivity index (χ1) is 3.97. The fourth-order valence-electron chi connectivity index (χ4n) is 1.04. The zero-order valence-electron chi connectivity index (χ0n) is 4.50. The first-order valence-corrected chi connectivity index (χ1v) is 2.80. The Balaban J connectivity index is 2.54. The first-order valence-electron chi connectivity index (χ1n) is 2.80. The van der Waals surface area contributed by atoms with Gasteiger partial charge in [0.05, 0.1) is 0 Å². The van der Waals surface area contributed by atoms with Crippen LogP contribution < -0.4 is 4.68 Å². The quantitative estimate of drug-likeness (QED) is 0.438. The molecule has 0 saturated heterocycles. The van der Waals surface area contributed by atoms with Crippen molar-refractivity contribution in [1.82, 2.24) is 5.27 Å². The van der Waals surface area contributed by atoms with E-state index in [9.17, 15) is 0 Å². The molecule has 1 aromatic rings. The fourth-order valence-corrected chi connectivity index (χ4v) is 1.04. The van der Waals surface area contributed by atoms with Crippen LogP contribution in [-0.2, 0) is 13.0 Å². The maximum atomic E-state index is 4.70. The maximum absolute atomic E-state index is 4.70. The molecule has 1 aromatic heterocycles. The lowest BCUT2D eigenvalue weighted by Gasteiger charge is -1.67. The first kappa shape index (κ1) is 4.06. The molecule has 2 rings (SSSR count). The van der Waals surface area contributed by atoms with Gasteiger partial charge in [-0.2, -0.15) is 0 Å². The van der Waals surface area contributed by atoms with E-state index >= 15 is 0 Å². The Labute approximate surface area is 46.9 Å². The van der Waals surface area contributed by atoms with Gasteiger partial charge in [0, 0.05) is 12.8 Å². The molecule has 0 spiro atoms. The highest BCUT2D eigenvalue weighted by Gasteiger charge is 2.22. The average molecular weight is 111 g/mol. The second-order valence-corrected chi connectivity index (χ2v) is 2.02. The molecule has 0 saturated carbocycles. The Bertz CT molecular complexity index is 176. The molecule has 1 aliphatic rings. The van der Waals surface area contributed by atoms with Gasteiger partial charge >= 0.3 is 0 Å². The Morgan fingerprint density at radius 2 is 2.75 bits per heavy atom. The van der Waals surface area contributed by atoms with Crippen LogP contribution in [0.25, 0.3) is 0 Å². The molecule has 3 nitrogen and oxygen atoms in total. The standard InChI is InChI=1S/C5H7N2O/c1-2-5-4-8-6-7(5)3-1/h4H,1-3H2/q+1. The summed E-state index contributed by atoms with van der Waals surface area (Å²) in [7, 11) is 0. The number of rotatable bonds is 0. The lowest BCUT2D eigenvalue weighted by atomic mass is 10.3. The van der Waals surface area contributed by atoms with Gasteiger partial charge in [-0.1, -0.05) is 4.68 Å². The largest absolute Gasteiger partial charge is 0.309 e. The molecule has 0 radical (unpaired) electrons. The topological polar surface area (TPSA) is 29.9 Å². The van der Waals surface area contributed by atoms with Crippen LogP contribution in [0, 0.1) is 0 Å². The predicted molar refractivity (Wildman–Crippen MR) is 25.0 cm³/mol. The molecule has 0 unspecified atom stereocenters. The van der Waals surface area contributed by atoms with Gasteiger partial charge in [-0.15, -0.1) is 0 Å². The molecule has 0 atom stereocenters. The monoisotopic (exact) mass is 111 g/mol. The molecule has 0 aliphatic carbocycles. The highest BCUT2D eigenvalue weighted by Crippen LogP contribution is 2.02. The van der Waals surface area contributed by atoms with Crippen LogP contribution in [-0.4, -0.2) is 5.27 Å². The van der Waals surface area contributed by atoms with Crippen molar-refractivity contribution in [3.63, 3.8) is 0 Å². The van der Waals surface area contributed by atoms with Crippen molar-refractivity contribution < 1.29 is 9.20 Å². The summed E-state index contributed by atoms with van der Waals surface area (Å²) in [6, 6.07) is 0. The Morgan fingerprint density at radius 3 is 3.62 bits per heavy atom. The summed E-state index contributed by atoms with van der Waals surface area (Å²) < 4.78 is 6.60. The van der Waals surface area contributed by atoms with Gasteiger partial charge in [-0.05, 0) is 0 Å². The van der Waals surface area contributed by atoms with Crippen molar-refractivity contribution in [3.05, 3.63) is 12.0 Å². The number of hydrogen-bond acceptors (Lipinski definition) is 2. The summed E-state index contributed by atoms with van der Waals surface area (Å²) in [6.07, 6.45) is 4.06. The smallest absolute Gasteiger partial charge is 0.249 e. The SMILES string of the molecule is c1on[n+]2c1CCC2. The number of nitrogens with zero attached hydrogens (tertiary/aromatic N) is 2. The molecule has 0 fully saturated rings. The molecule has 0 bridgehead atoms. The van der Waals surface area contributed by atoms with E-state index in [4.69, 9.17) is 4.52 Å². The normalized spacial score (nSPS) is 16.5. The zero-order valence-corrected chi connectivity index (χ0v) is 4.50. The lowest BCUT2D eigenvalue weighted by molar-refractivity contribution is -0.756. The van der Waals surface area contributed by atoms with Gasteiger partial charge in [0.25, 0.3) is 0 Å². The van der Waals surface area contributed by atoms with Crippen LogP contribution >= 0.6 is 0 Å². The van der Waals surface area contributed by atoms with Crippen LogP contribution in [0.5, 0.6) is 0 Å². The molecular weight excluding hydrogens is 104 g/mol. The predicted octanol–water partition coefficient (Wildman–Crippen LogP) is -0.0917.